The van der Waals surface area contributed by atoms with Gasteiger partial charge >= 0.3 is 0 Å². The predicted octanol–water partition coefficient (Wildman–Crippen LogP) is 2.32. The van der Waals surface area contributed by atoms with Crippen molar-refractivity contribution in [2.24, 2.45) is 5.92 Å². The van der Waals surface area contributed by atoms with Crippen molar-refractivity contribution in [2.45, 2.75) is 38.2 Å². The van der Waals surface area contributed by atoms with Gasteiger partial charge in [0.1, 0.15) is 0 Å². The van der Waals surface area contributed by atoms with E-state index in [1.165, 1.54) is 32.1 Å². The first-order valence-corrected chi connectivity index (χ1v) is 5.21. The van der Waals surface area contributed by atoms with E-state index in [0.717, 1.165) is 5.33 Å². The zero-order chi connectivity index (χ0) is 7.40. The van der Waals surface area contributed by atoms with Crippen molar-refractivity contribution in [1.29, 1.82) is 0 Å². The number of rotatable bonds is 2. The quantitative estimate of drug-likeness (QED) is 0.689. The minimum atomic E-state index is -0.0969. The Morgan fingerprint density at radius 2 is 1.90 bits per heavy atom. The van der Waals surface area contributed by atoms with E-state index in [4.69, 9.17) is 0 Å². The summed E-state index contributed by atoms with van der Waals surface area (Å²) >= 11 is 3.30. The molecular formula is C8H15BrO. The molecule has 0 bridgehead atoms. The molecule has 0 spiro atoms. The topological polar surface area (TPSA) is 20.2 Å². The van der Waals surface area contributed by atoms with Crippen LogP contribution in [-0.2, 0) is 0 Å². The molecule has 0 radical (unpaired) electrons. The first kappa shape index (κ1) is 8.54. The van der Waals surface area contributed by atoms with E-state index in [-0.39, 0.29) is 6.10 Å². The average Bonchev–Trinajstić information content (AvgIpc) is 2.05. The third-order valence-corrected chi connectivity index (χ3v) is 3.02. The van der Waals surface area contributed by atoms with Crippen LogP contribution >= 0.6 is 15.9 Å². The lowest BCUT2D eigenvalue weighted by Crippen LogP contribution is -2.23. The Bertz CT molecular complexity index is 89.3. The van der Waals surface area contributed by atoms with Crippen LogP contribution in [0.5, 0.6) is 0 Å². The van der Waals surface area contributed by atoms with E-state index in [9.17, 15) is 5.11 Å². The predicted molar refractivity (Wildman–Crippen MR) is 46.4 cm³/mol. The molecule has 0 aliphatic heterocycles. The summed E-state index contributed by atoms with van der Waals surface area (Å²) in [4.78, 5) is 0. The molecule has 1 atom stereocenters. The van der Waals surface area contributed by atoms with Gasteiger partial charge < -0.3 is 5.11 Å². The van der Waals surface area contributed by atoms with Gasteiger partial charge in [0.2, 0.25) is 0 Å². The minimum absolute atomic E-state index is 0.0969. The maximum absolute atomic E-state index is 9.44. The molecule has 1 unspecified atom stereocenters. The Labute approximate surface area is 70.9 Å². The Hall–Kier alpha value is 0.440. The van der Waals surface area contributed by atoms with Crippen LogP contribution in [0.1, 0.15) is 32.1 Å². The van der Waals surface area contributed by atoms with Gasteiger partial charge in [0.05, 0.1) is 6.10 Å². The second-order valence-corrected chi connectivity index (χ2v) is 3.77. The number of hydrogen-bond donors (Lipinski definition) is 1. The zero-order valence-electron chi connectivity index (χ0n) is 6.22. The summed E-state index contributed by atoms with van der Waals surface area (Å²) in [6.45, 7) is 0. The summed E-state index contributed by atoms with van der Waals surface area (Å²) in [6.07, 6.45) is 6.36. The third-order valence-electron chi connectivity index (χ3n) is 2.35. The van der Waals surface area contributed by atoms with Gasteiger partial charge in [-0.2, -0.15) is 0 Å². The van der Waals surface area contributed by atoms with Crippen molar-refractivity contribution in [2.75, 3.05) is 5.33 Å². The molecule has 1 aliphatic rings. The van der Waals surface area contributed by atoms with Crippen molar-refractivity contribution in [3.05, 3.63) is 0 Å². The first-order chi connectivity index (χ1) is 4.84. The fourth-order valence-corrected chi connectivity index (χ4v) is 2.17. The smallest absolute Gasteiger partial charge is 0.0665 e. The molecule has 0 heterocycles. The lowest BCUT2D eigenvalue weighted by atomic mass is 9.86. The van der Waals surface area contributed by atoms with E-state index in [1.54, 1.807) is 0 Å². The number of aliphatic hydroxyl groups excluding tert-OH is 1. The molecule has 0 aromatic heterocycles. The van der Waals surface area contributed by atoms with E-state index in [0.29, 0.717) is 5.92 Å². The van der Waals surface area contributed by atoms with Gasteiger partial charge in [-0.1, -0.05) is 35.2 Å². The van der Waals surface area contributed by atoms with Gasteiger partial charge in [-0.25, -0.2) is 0 Å². The Kier molecular flexibility index (Phi) is 3.71. The van der Waals surface area contributed by atoms with Gasteiger partial charge in [0.25, 0.3) is 0 Å². The van der Waals surface area contributed by atoms with Crippen LogP contribution < -0.4 is 0 Å². The number of hydrogen-bond acceptors (Lipinski definition) is 1. The maximum atomic E-state index is 9.44. The largest absolute Gasteiger partial charge is 0.392 e. The van der Waals surface area contributed by atoms with Crippen LogP contribution in [-0.4, -0.2) is 16.5 Å². The number of halogens is 1. The van der Waals surface area contributed by atoms with E-state index in [2.05, 4.69) is 15.9 Å². The highest BCUT2D eigenvalue weighted by Gasteiger charge is 2.19. The molecule has 1 saturated carbocycles. The van der Waals surface area contributed by atoms with Gasteiger partial charge in [0.15, 0.2) is 0 Å². The first-order valence-electron chi connectivity index (χ1n) is 4.08. The molecule has 1 aliphatic carbocycles. The Morgan fingerprint density at radius 3 is 2.40 bits per heavy atom. The second kappa shape index (κ2) is 4.35. The molecule has 1 nitrogen and oxygen atoms in total. The standard InChI is InChI=1S/C8H15BrO/c9-6-8(10)7-4-2-1-3-5-7/h7-8,10H,1-6H2. The summed E-state index contributed by atoms with van der Waals surface area (Å²) in [6, 6.07) is 0. The van der Waals surface area contributed by atoms with E-state index >= 15 is 0 Å². The minimum Gasteiger partial charge on any atom is -0.392 e. The molecule has 0 saturated heterocycles. The van der Waals surface area contributed by atoms with Crippen molar-refractivity contribution in [3.8, 4) is 0 Å². The van der Waals surface area contributed by atoms with Crippen LogP contribution in [0, 0.1) is 5.92 Å². The van der Waals surface area contributed by atoms with Crippen molar-refractivity contribution >= 4 is 15.9 Å². The average molecular weight is 207 g/mol. The van der Waals surface area contributed by atoms with Gasteiger partial charge in [-0.3, -0.25) is 0 Å². The summed E-state index contributed by atoms with van der Waals surface area (Å²) in [5.41, 5.74) is 0. The Morgan fingerprint density at radius 1 is 1.30 bits per heavy atom. The monoisotopic (exact) mass is 206 g/mol. The number of alkyl halides is 1. The zero-order valence-corrected chi connectivity index (χ0v) is 7.81. The normalized spacial score (nSPS) is 24.6. The summed E-state index contributed by atoms with van der Waals surface area (Å²) < 4.78 is 0. The van der Waals surface area contributed by atoms with Crippen molar-refractivity contribution in [1.82, 2.24) is 0 Å². The van der Waals surface area contributed by atoms with Gasteiger partial charge in [-0.05, 0) is 18.8 Å². The summed E-state index contributed by atoms with van der Waals surface area (Å²) in [5, 5.41) is 10.2. The fourth-order valence-electron chi connectivity index (χ4n) is 1.64. The van der Waals surface area contributed by atoms with E-state index < -0.39 is 0 Å². The van der Waals surface area contributed by atoms with Crippen LogP contribution in [0.4, 0.5) is 0 Å². The van der Waals surface area contributed by atoms with Crippen LogP contribution in [0.3, 0.4) is 0 Å². The molecule has 0 aromatic carbocycles. The summed E-state index contributed by atoms with van der Waals surface area (Å²) in [7, 11) is 0. The molecule has 1 N–H and O–H groups in total. The molecule has 1 fully saturated rings. The summed E-state index contributed by atoms with van der Waals surface area (Å²) in [5.74, 6) is 0.577. The molecule has 0 aromatic rings. The highest BCUT2D eigenvalue weighted by molar-refractivity contribution is 9.09. The van der Waals surface area contributed by atoms with Crippen molar-refractivity contribution in [3.63, 3.8) is 0 Å². The number of aliphatic hydroxyl groups is 1. The molecule has 0 amide bonds. The SMILES string of the molecule is OC(CBr)C1CCCCC1. The van der Waals surface area contributed by atoms with Crippen LogP contribution in [0.15, 0.2) is 0 Å². The van der Waals surface area contributed by atoms with Crippen LogP contribution in [0.25, 0.3) is 0 Å². The van der Waals surface area contributed by atoms with Crippen molar-refractivity contribution < 1.29 is 5.11 Å². The Balaban J connectivity index is 2.24. The molecule has 1 rings (SSSR count). The molecule has 2 heteroatoms. The van der Waals surface area contributed by atoms with Gasteiger partial charge in [0, 0.05) is 5.33 Å². The lowest BCUT2D eigenvalue weighted by Gasteiger charge is -2.24. The molecule has 10 heavy (non-hydrogen) atoms. The highest BCUT2D eigenvalue weighted by atomic mass is 79.9. The fraction of sp³-hybridized carbons (Fsp3) is 1.00. The molecule has 60 valence electrons. The van der Waals surface area contributed by atoms with E-state index in [1.807, 2.05) is 0 Å². The highest BCUT2D eigenvalue weighted by Crippen LogP contribution is 2.26. The second-order valence-electron chi connectivity index (χ2n) is 3.12. The third kappa shape index (κ3) is 2.24. The lowest BCUT2D eigenvalue weighted by molar-refractivity contribution is 0.106. The maximum Gasteiger partial charge on any atom is 0.0665 e. The van der Waals surface area contributed by atoms with Gasteiger partial charge in [-0.15, -0.1) is 0 Å². The molecular weight excluding hydrogens is 192 g/mol. The van der Waals surface area contributed by atoms with Crippen LogP contribution in [0.2, 0.25) is 0 Å².